The molecule has 1 aromatic carbocycles. The lowest BCUT2D eigenvalue weighted by atomic mass is 9.97. The first-order valence-corrected chi connectivity index (χ1v) is 8.39. The number of nitrogens with zero attached hydrogens (tertiary/aromatic N) is 1. The molecular weight excluding hydrogens is 260 g/mol. The molecule has 1 aliphatic carbocycles. The molecule has 2 aliphatic rings. The number of ether oxygens (including phenoxy) is 1. The monoisotopic (exact) mass is 288 g/mol. The maximum absolute atomic E-state index is 5.41. The van der Waals surface area contributed by atoms with Gasteiger partial charge in [-0.25, -0.2) is 0 Å². The molecule has 3 heteroatoms. The second-order valence-corrected chi connectivity index (χ2v) is 6.67. The van der Waals surface area contributed by atoms with Crippen molar-refractivity contribution in [3.05, 3.63) is 29.8 Å². The van der Waals surface area contributed by atoms with E-state index >= 15 is 0 Å². The van der Waals surface area contributed by atoms with Crippen molar-refractivity contribution < 1.29 is 4.74 Å². The van der Waals surface area contributed by atoms with E-state index in [2.05, 4.69) is 48.3 Å². The van der Waals surface area contributed by atoms with Gasteiger partial charge in [0.25, 0.3) is 0 Å². The van der Waals surface area contributed by atoms with E-state index in [9.17, 15) is 0 Å². The van der Waals surface area contributed by atoms with Gasteiger partial charge >= 0.3 is 0 Å². The van der Waals surface area contributed by atoms with Gasteiger partial charge in [0.15, 0.2) is 0 Å². The van der Waals surface area contributed by atoms with Crippen LogP contribution in [-0.4, -0.2) is 32.3 Å². The highest BCUT2D eigenvalue weighted by atomic mass is 16.5. The van der Waals surface area contributed by atoms with Crippen LogP contribution in [0.3, 0.4) is 0 Å². The van der Waals surface area contributed by atoms with Crippen LogP contribution in [0, 0.1) is 11.8 Å². The third-order valence-corrected chi connectivity index (χ3v) is 5.35. The molecule has 2 fully saturated rings. The van der Waals surface area contributed by atoms with Gasteiger partial charge in [-0.05, 0) is 42.4 Å². The summed E-state index contributed by atoms with van der Waals surface area (Å²) in [5.74, 6) is 1.67. The van der Waals surface area contributed by atoms with E-state index < -0.39 is 0 Å². The number of hydrogen-bond donors (Lipinski definition) is 1. The van der Waals surface area contributed by atoms with Crippen molar-refractivity contribution in [3.8, 4) is 0 Å². The molecule has 1 saturated heterocycles. The van der Waals surface area contributed by atoms with Crippen LogP contribution >= 0.6 is 0 Å². The summed E-state index contributed by atoms with van der Waals surface area (Å²) >= 11 is 0. The maximum Gasteiger partial charge on any atom is 0.0642 e. The molecule has 3 unspecified atom stereocenters. The highest BCUT2D eigenvalue weighted by Gasteiger charge is 2.28. The van der Waals surface area contributed by atoms with Crippen molar-refractivity contribution in [3.63, 3.8) is 0 Å². The van der Waals surface area contributed by atoms with Gasteiger partial charge in [0.1, 0.15) is 0 Å². The molecule has 0 radical (unpaired) electrons. The van der Waals surface area contributed by atoms with Crippen molar-refractivity contribution in [2.75, 3.05) is 31.2 Å². The second kappa shape index (κ2) is 6.80. The smallest absolute Gasteiger partial charge is 0.0642 e. The van der Waals surface area contributed by atoms with Gasteiger partial charge in [-0.2, -0.15) is 0 Å². The molecule has 1 aliphatic heterocycles. The van der Waals surface area contributed by atoms with Gasteiger partial charge in [0.05, 0.1) is 13.2 Å². The van der Waals surface area contributed by atoms with Crippen molar-refractivity contribution in [2.45, 2.75) is 39.3 Å². The van der Waals surface area contributed by atoms with Gasteiger partial charge in [-0.3, -0.25) is 0 Å². The quantitative estimate of drug-likeness (QED) is 0.921. The summed E-state index contributed by atoms with van der Waals surface area (Å²) in [4.78, 5) is 2.40. The Balaban J connectivity index is 1.52. The molecule has 116 valence electrons. The zero-order valence-corrected chi connectivity index (χ0v) is 13.3. The van der Waals surface area contributed by atoms with E-state index in [1.54, 1.807) is 0 Å². The molecule has 3 rings (SSSR count). The Hall–Kier alpha value is -1.06. The summed E-state index contributed by atoms with van der Waals surface area (Å²) in [6.07, 6.45) is 2.70. The normalized spacial score (nSPS) is 29.8. The molecule has 0 aromatic heterocycles. The molecule has 0 spiro atoms. The zero-order chi connectivity index (χ0) is 14.7. The fourth-order valence-corrected chi connectivity index (χ4v) is 3.55. The molecule has 1 heterocycles. The summed E-state index contributed by atoms with van der Waals surface area (Å²) in [5.41, 5.74) is 2.71. The van der Waals surface area contributed by atoms with Gasteiger partial charge in [-0.1, -0.05) is 26.0 Å². The fourth-order valence-electron chi connectivity index (χ4n) is 3.55. The average molecular weight is 288 g/mol. The summed E-state index contributed by atoms with van der Waals surface area (Å²) in [5, 5.41) is 3.74. The lowest BCUT2D eigenvalue weighted by molar-refractivity contribution is 0.122. The number of benzene rings is 1. The van der Waals surface area contributed by atoms with Crippen molar-refractivity contribution >= 4 is 5.69 Å². The van der Waals surface area contributed by atoms with Gasteiger partial charge in [-0.15, -0.1) is 0 Å². The number of hydrogen-bond acceptors (Lipinski definition) is 3. The average Bonchev–Trinajstić information content (AvgIpc) is 2.86. The van der Waals surface area contributed by atoms with Crippen LogP contribution in [0.2, 0.25) is 0 Å². The molecule has 21 heavy (non-hydrogen) atoms. The molecule has 1 aromatic rings. The molecule has 1 saturated carbocycles. The number of anilines is 1. The Morgan fingerprint density at radius 1 is 1.10 bits per heavy atom. The third-order valence-electron chi connectivity index (χ3n) is 5.35. The van der Waals surface area contributed by atoms with Crippen molar-refractivity contribution in [1.82, 2.24) is 5.32 Å². The third kappa shape index (κ3) is 3.58. The number of morpholine rings is 1. The minimum absolute atomic E-state index is 0.693. The minimum atomic E-state index is 0.693. The van der Waals surface area contributed by atoms with E-state index in [1.165, 1.54) is 24.1 Å². The van der Waals surface area contributed by atoms with Crippen LogP contribution in [0.5, 0.6) is 0 Å². The minimum Gasteiger partial charge on any atom is -0.378 e. The highest BCUT2D eigenvalue weighted by Crippen LogP contribution is 2.31. The van der Waals surface area contributed by atoms with Gasteiger partial charge < -0.3 is 15.0 Å². The van der Waals surface area contributed by atoms with E-state index in [-0.39, 0.29) is 0 Å². The Morgan fingerprint density at radius 3 is 2.43 bits per heavy atom. The number of rotatable bonds is 4. The largest absolute Gasteiger partial charge is 0.378 e. The Morgan fingerprint density at radius 2 is 1.81 bits per heavy atom. The topological polar surface area (TPSA) is 24.5 Å². The molecule has 0 bridgehead atoms. The van der Waals surface area contributed by atoms with Crippen LogP contribution in [0.25, 0.3) is 0 Å². The summed E-state index contributed by atoms with van der Waals surface area (Å²) < 4.78 is 5.41. The molecule has 0 amide bonds. The van der Waals surface area contributed by atoms with Crippen molar-refractivity contribution in [1.29, 1.82) is 0 Å². The number of nitrogens with one attached hydrogen (secondary N) is 1. The maximum atomic E-state index is 5.41. The first-order chi connectivity index (χ1) is 10.2. The van der Waals surface area contributed by atoms with Crippen LogP contribution in [0.1, 0.15) is 32.3 Å². The van der Waals surface area contributed by atoms with E-state index in [4.69, 9.17) is 4.74 Å². The van der Waals surface area contributed by atoms with E-state index in [0.29, 0.717) is 6.04 Å². The first kappa shape index (κ1) is 14.9. The Bertz CT molecular complexity index is 439. The summed E-state index contributed by atoms with van der Waals surface area (Å²) in [6, 6.07) is 9.73. The predicted molar refractivity (Wildman–Crippen MR) is 87.7 cm³/mol. The Kier molecular flexibility index (Phi) is 4.81. The lowest BCUT2D eigenvalue weighted by Crippen LogP contribution is -2.36. The Labute approximate surface area is 128 Å². The van der Waals surface area contributed by atoms with Crippen LogP contribution in [-0.2, 0) is 11.3 Å². The SMILES string of the molecule is CC1CCC(NCc2ccc(N3CCOCC3)cc2)C1C. The van der Waals surface area contributed by atoms with Crippen LogP contribution in [0.4, 0.5) is 5.69 Å². The van der Waals surface area contributed by atoms with Crippen LogP contribution < -0.4 is 10.2 Å². The fraction of sp³-hybridized carbons (Fsp3) is 0.667. The predicted octanol–water partition coefficient (Wildman–Crippen LogP) is 3.05. The van der Waals surface area contributed by atoms with Crippen LogP contribution in [0.15, 0.2) is 24.3 Å². The standard InChI is InChI=1S/C18H28N2O/c1-14-3-8-18(15(14)2)19-13-16-4-6-17(7-5-16)20-9-11-21-12-10-20/h4-7,14-15,18-19H,3,8-13H2,1-2H3. The summed E-state index contributed by atoms with van der Waals surface area (Å²) in [7, 11) is 0. The van der Waals surface area contributed by atoms with Gasteiger partial charge in [0.2, 0.25) is 0 Å². The highest BCUT2D eigenvalue weighted by molar-refractivity contribution is 5.47. The second-order valence-electron chi connectivity index (χ2n) is 6.67. The summed E-state index contributed by atoms with van der Waals surface area (Å²) in [6.45, 7) is 9.47. The van der Waals surface area contributed by atoms with Gasteiger partial charge in [0, 0.05) is 31.4 Å². The molecule has 3 atom stereocenters. The molecular formula is C18H28N2O. The van der Waals surface area contributed by atoms with Crippen molar-refractivity contribution in [2.24, 2.45) is 11.8 Å². The first-order valence-electron chi connectivity index (χ1n) is 8.39. The van der Waals surface area contributed by atoms with E-state index in [1.807, 2.05) is 0 Å². The molecule has 1 N–H and O–H groups in total. The molecule has 3 nitrogen and oxygen atoms in total. The lowest BCUT2D eigenvalue weighted by Gasteiger charge is -2.29. The zero-order valence-electron chi connectivity index (χ0n) is 13.3. The van der Waals surface area contributed by atoms with E-state index in [0.717, 1.165) is 44.7 Å².